The fourth-order valence-corrected chi connectivity index (χ4v) is 3.69. The van der Waals surface area contributed by atoms with Crippen LogP contribution in [-0.4, -0.2) is 52.9 Å². The lowest BCUT2D eigenvalue weighted by atomic mass is 10.1. The molecule has 1 saturated carbocycles. The van der Waals surface area contributed by atoms with Crippen molar-refractivity contribution in [2.24, 2.45) is 0 Å². The minimum absolute atomic E-state index is 0.208. The average Bonchev–Trinajstić information content (AvgIpc) is 3.53. The molecule has 1 amide bonds. The minimum Gasteiger partial charge on any atom is -0.334 e. The predicted molar refractivity (Wildman–Crippen MR) is 101 cm³/mol. The zero-order chi connectivity index (χ0) is 17.8. The maximum absolute atomic E-state index is 13.1. The number of benzene rings is 1. The molecule has 2 fully saturated rings. The Bertz CT molecular complexity index is 717. The Morgan fingerprint density at radius 3 is 2.77 bits per heavy atom. The molecule has 2 heterocycles. The third-order valence-electron chi connectivity index (χ3n) is 5.27. The van der Waals surface area contributed by atoms with Gasteiger partial charge in [-0.25, -0.2) is 0 Å². The minimum atomic E-state index is 0.208. The molecule has 4 rings (SSSR count). The predicted octanol–water partition coefficient (Wildman–Crippen LogP) is 2.22. The van der Waals surface area contributed by atoms with Gasteiger partial charge in [0.1, 0.15) is 0 Å². The maximum atomic E-state index is 13.1. The highest BCUT2D eigenvalue weighted by atomic mass is 16.2. The topological polar surface area (TPSA) is 48.5 Å². The Kier molecular flexibility index (Phi) is 5.27. The number of piperazine rings is 1. The molecule has 0 spiro atoms. The van der Waals surface area contributed by atoms with Crippen molar-refractivity contribution in [1.29, 1.82) is 0 Å². The van der Waals surface area contributed by atoms with Crippen molar-refractivity contribution in [2.45, 2.75) is 31.5 Å². The van der Waals surface area contributed by atoms with Crippen LogP contribution in [-0.2, 0) is 11.3 Å². The summed E-state index contributed by atoms with van der Waals surface area (Å²) in [4.78, 5) is 21.8. The van der Waals surface area contributed by atoms with E-state index < -0.39 is 0 Å². The number of carbonyl (C=O) groups excluding carboxylic acids is 1. The summed E-state index contributed by atoms with van der Waals surface area (Å²) >= 11 is 0. The highest BCUT2D eigenvalue weighted by Crippen LogP contribution is 2.29. The Balaban J connectivity index is 1.46. The van der Waals surface area contributed by atoms with Crippen LogP contribution in [0.5, 0.6) is 0 Å². The van der Waals surface area contributed by atoms with Gasteiger partial charge in [0.05, 0.1) is 6.54 Å². The molecule has 1 aromatic heterocycles. The molecule has 0 bridgehead atoms. The van der Waals surface area contributed by atoms with Gasteiger partial charge in [-0.15, -0.1) is 0 Å². The van der Waals surface area contributed by atoms with Crippen LogP contribution in [0.1, 0.15) is 30.0 Å². The molecule has 1 aliphatic heterocycles. The van der Waals surface area contributed by atoms with Crippen molar-refractivity contribution in [3.05, 3.63) is 66.0 Å². The molecule has 1 N–H and O–H groups in total. The van der Waals surface area contributed by atoms with Crippen molar-refractivity contribution in [3.8, 4) is 0 Å². The van der Waals surface area contributed by atoms with E-state index in [9.17, 15) is 4.79 Å². The molecular formula is C21H26N4O. The van der Waals surface area contributed by atoms with E-state index in [0.717, 1.165) is 32.5 Å². The fraction of sp³-hybridized carbons (Fsp3) is 0.429. The number of aromatic nitrogens is 1. The summed E-state index contributed by atoms with van der Waals surface area (Å²) in [7, 11) is 0. The molecule has 2 aliphatic rings. The summed E-state index contributed by atoms with van der Waals surface area (Å²) in [5, 5.41) is 3.45. The van der Waals surface area contributed by atoms with E-state index in [2.05, 4.69) is 38.3 Å². The lowest BCUT2D eigenvalue weighted by Crippen LogP contribution is -2.50. The van der Waals surface area contributed by atoms with E-state index in [1.54, 1.807) is 6.20 Å². The molecule has 1 saturated heterocycles. The molecular weight excluding hydrogens is 324 g/mol. The highest BCUT2D eigenvalue weighted by Gasteiger charge is 2.34. The van der Waals surface area contributed by atoms with Crippen molar-refractivity contribution >= 4 is 5.91 Å². The Morgan fingerprint density at radius 1 is 1.19 bits per heavy atom. The van der Waals surface area contributed by atoms with Crippen molar-refractivity contribution in [3.63, 3.8) is 0 Å². The first-order valence-electron chi connectivity index (χ1n) is 9.49. The van der Waals surface area contributed by atoms with Gasteiger partial charge in [0, 0.05) is 50.7 Å². The number of pyridine rings is 1. The van der Waals surface area contributed by atoms with Crippen LogP contribution >= 0.6 is 0 Å². The van der Waals surface area contributed by atoms with Gasteiger partial charge < -0.3 is 10.2 Å². The molecule has 1 unspecified atom stereocenters. The van der Waals surface area contributed by atoms with Gasteiger partial charge >= 0.3 is 0 Å². The SMILES string of the molecule is O=C(CN1CCNCC1c1cccnc1)N(Cc1ccccc1)C1CC1. The number of carbonyl (C=O) groups is 1. The molecule has 0 radical (unpaired) electrons. The monoisotopic (exact) mass is 350 g/mol. The van der Waals surface area contributed by atoms with E-state index in [4.69, 9.17) is 0 Å². The van der Waals surface area contributed by atoms with Crippen molar-refractivity contribution < 1.29 is 4.79 Å². The van der Waals surface area contributed by atoms with Gasteiger partial charge in [-0.1, -0.05) is 36.4 Å². The summed E-state index contributed by atoms with van der Waals surface area (Å²) in [6, 6.07) is 15.0. The van der Waals surface area contributed by atoms with E-state index in [1.165, 1.54) is 11.1 Å². The molecule has 2 aromatic rings. The summed E-state index contributed by atoms with van der Waals surface area (Å²) in [5.74, 6) is 0.243. The largest absolute Gasteiger partial charge is 0.334 e. The second kappa shape index (κ2) is 7.98. The van der Waals surface area contributed by atoms with Crippen LogP contribution in [0.25, 0.3) is 0 Å². The first kappa shape index (κ1) is 17.2. The summed E-state index contributed by atoms with van der Waals surface area (Å²) in [5.41, 5.74) is 2.38. The van der Waals surface area contributed by atoms with Gasteiger partial charge in [0.25, 0.3) is 0 Å². The molecule has 136 valence electrons. The maximum Gasteiger partial charge on any atom is 0.237 e. The standard InChI is InChI=1S/C21H26N4O/c26-21(25(19-8-9-19)15-17-5-2-1-3-6-17)16-24-12-11-23-14-20(24)18-7-4-10-22-13-18/h1-7,10,13,19-20,23H,8-9,11-12,14-16H2. The first-order chi connectivity index (χ1) is 12.8. The summed E-state index contributed by atoms with van der Waals surface area (Å²) in [6.45, 7) is 3.86. The third kappa shape index (κ3) is 4.11. The highest BCUT2D eigenvalue weighted by molar-refractivity contribution is 5.79. The van der Waals surface area contributed by atoms with E-state index in [0.29, 0.717) is 19.1 Å². The van der Waals surface area contributed by atoms with E-state index in [1.807, 2.05) is 30.5 Å². The number of nitrogens with zero attached hydrogens (tertiary/aromatic N) is 3. The molecule has 1 atom stereocenters. The Morgan fingerprint density at radius 2 is 2.04 bits per heavy atom. The normalized spacial score (nSPS) is 20.7. The lowest BCUT2D eigenvalue weighted by molar-refractivity contribution is -0.134. The van der Waals surface area contributed by atoms with E-state index in [-0.39, 0.29) is 11.9 Å². The zero-order valence-corrected chi connectivity index (χ0v) is 15.1. The third-order valence-corrected chi connectivity index (χ3v) is 5.27. The van der Waals surface area contributed by atoms with E-state index >= 15 is 0 Å². The van der Waals surface area contributed by atoms with Crippen LogP contribution in [0, 0.1) is 0 Å². The van der Waals surface area contributed by atoms with Crippen molar-refractivity contribution in [2.75, 3.05) is 26.2 Å². The van der Waals surface area contributed by atoms with Crippen LogP contribution in [0.2, 0.25) is 0 Å². The molecule has 5 heteroatoms. The second-order valence-electron chi connectivity index (χ2n) is 7.22. The smallest absolute Gasteiger partial charge is 0.237 e. The van der Waals surface area contributed by atoms with Gasteiger partial charge in [-0.3, -0.25) is 14.7 Å². The van der Waals surface area contributed by atoms with Gasteiger partial charge in [-0.05, 0) is 30.0 Å². The van der Waals surface area contributed by atoms with Crippen LogP contribution in [0.3, 0.4) is 0 Å². The lowest BCUT2D eigenvalue weighted by Gasteiger charge is -2.37. The van der Waals surface area contributed by atoms with Gasteiger partial charge in [-0.2, -0.15) is 0 Å². The van der Waals surface area contributed by atoms with Crippen molar-refractivity contribution in [1.82, 2.24) is 20.1 Å². The number of nitrogens with one attached hydrogen (secondary N) is 1. The number of hydrogen-bond donors (Lipinski definition) is 1. The summed E-state index contributed by atoms with van der Waals surface area (Å²) in [6.07, 6.45) is 5.97. The molecule has 1 aromatic carbocycles. The number of hydrogen-bond acceptors (Lipinski definition) is 4. The first-order valence-corrected chi connectivity index (χ1v) is 9.49. The number of rotatable bonds is 6. The molecule has 5 nitrogen and oxygen atoms in total. The quantitative estimate of drug-likeness (QED) is 0.868. The molecule has 1 aliphatic carbocycles. The zero-order valence-electron chi connectivity index (χ0n) is 15.1. The van der Waals surface area contributed by atoms with Gasteiger partial charge in [0.2, 0.25) is 5.91 Å². The van der Waals surface area contributed by atoms with Crippen LogP contribution in [0.15, 0.2) is 54.9 Å². The Labute approximate surface area is 155 Å². The Hall–Kier alpha value is -2.24. The average molecular weight is 350 g/mol. The number of amides is 1. The van der Waals surface area contributed by atoms with Gasteiger partial charge in [0.15, 0.2) is 0 Å². The fourth-order valence-electron chi connectivity index (χ4n) is 3.69. The van der Waals surface area contributed by atoms with Crippen LogP contribution < -0.4 is 5.32 Å². The molecule has 26 heavy (non-hydrogen) atoms. The summed E-state index contributed by atoms with van der Waals surface area (Å²) < 4.78 is 0. The van der Waals surface area contributed by atoms with Crippen LogP contribution in [0.4, 0.5) is 0 Å². The second-order valence-corrected chi connectivity index (χ2v) is 7.22.